The molecule has 2 aliphatic heterocycles. The quantitative estimate of drug-likeness (QED) is 0.108. The molecule has 326 valence electrons. The lowest BCUT2D eigenvalue weighted by Gasteiger charge is -2.34. The van der Waals surface area contributed by atoms with Crippen LogP contribution in [-0.2, 0) is 19.1 Å². The maximum Gasteiger partial charge on any atom is 0.407 e. The van der Waals surface area contributed by atoms with E-state index in [0.717, 1.165) is 134 Å². The van der Waals surface area contributed by atoms with Crippen LogP contribution in [0.2, 0.25) is 0 Å². The molecule has 2 aliphatic carbocycles. The Hall–Kier alpha value is -5.99. The molecule has 0 radical (unpaired) electrons. The number of fused-ring (bicyclic) bond motifs is 2. The van der Waals surface area contributed by atoms with E-state index < -0.39 is 24.3 Å². The second kappa shape index (κ2) is 18.2. The smallest absolute Gasteiger partial charge is 0.407 e. The number of nitrogens with one attached hydrogen (secondary N) is 4. The summed E-state index contributed by atoms with van der Waals surface area (Å²) in [7, 11) is 2.66. The average molecular weight is 844 g/mol. The molecule has 4 atom stereocenters. The molecule has 5 aromatic rings. The summed E-state index contributed by atoms with van der Waals surface area (Å²) in [5, 5.41) is 7.89. The summed E-state index contributed by atoms with van der Waals surface area (Å²) in [6.07, 6.45) is 16.0. The normalized spacial score (nSPS) is 20.9. The van der Waals surface area contributed by atoms with Gasteiger partial charge in [-0.15, -0.1) is 0 Å². The Morgan fingerprint density at radius 2 is 1.16 bits per heavy atom. The number of hydrogen-bond acceptors (Lipinski definition) is 9. The Morgan fingerprint density at radius 1 is 0.613 bits per heavy atom. The monoisotopic (exact) mass is 843 g/mol. The molecule has 9 rings (SSSR count). The first-order chi connectivity index (χ1) is 30.3. The van der Waals surface area contributed by atoms with Crippen LogP contribution in [0.15, 0.2) is 54.9 Å². The number of carbonyl (C=O) groups excluding carboxylic acids is 4. The fourth-order valence-electron chi connectivity index (χ4n) is 10.5. The van der Waals surface area contributed by atoms with Crippen LogP contribution in [-0.4, -0.2) is 98.1 Å². The van der Waals surface area contributed by atoms with Crippen molar-refractivity contribution in [3.05, 3.63) is 66.5 Å². The van der Waals surface area contributed by atoms with Crippen LogP contribution in [0.25, 0.3) is 44.3 Å². The number of nitrogens with zero attached hydrogens (tertiary/aromatic N) is 5. The van der Waals surface area contributed by atoms with Gasteiger partial charge in [-0.2, -0.15) is 0 Å². The molecule has 2 saturated carbocycles. The topological polar surface area (TPSA) is 188 Å². The number of hydrogen-bond donors (Lipinski definition) is 4. The van der Waals surface area contributed by atoms with Crippen LogP contribution in [0.3, 0.4) is 0 Å². The van der Waals surface area contributed by atoms with Crippen molar-refractivity contribution in [2.24, 2.45) is 11.8 Å². The van der Waals surface area contributed by atoms with Gasteiger partial charge in [0.2, 0.25) is 11.8 Å². The van der Waals surface area contributed by atoms with Gasteiger partial charge in [-0.25, -0.2) is 24.5 Å². The molecule has 2 saturated heterocycles. The van der Waals surface area contributed by atoms with Crippen LogP contribution >= 0.6 is 0 Å². The van der Waals surface area contributed by atoms with E-state index in [1.54, 1.807) is 0 Å². The van der Waals surface area contributed by atoms with E-state index in [4.69, 9.17) is 24.4 Å². The third-order valence-electron chi connectivity index (χ3n) is 13.8. The van der Waals surface area contributed by atoms with E-state index in [-0.39, 0.29) is 35.7 Å². The molecule has 4 unspecified atom stereocenters. The van der Waals surface area contributed by atoms with Crippen molar-refractivity contribution in [3.63, 3.8) is 0 Å². The Balaban J connectivity index is 0.900. The van der Waals surface area contributed by atoms with Gasteiger partial charge in [0.25, 0.3) is 0 Å². The fourth-order valence-corrected chi connectivity index (χ4v) is 10.5. The lowest BCUT2D eigenvalue weighted by molar-refractivity contribution is -0.136. The Labute approximate surface area is 361 Å². The van der Waals surface area contributed by atoms with Crippen LogP contribution in [0.4, 0.5) is 9.59 Å². The second-order valence-electron chi connectivity index (χ2n) is 17.6. The molecule has 62 heavy (non-hydrogen) atoms. The second-order valence-corrected chi connectivity index (χ2v) is 17.6. The maximum atomic E-state index is 14.1. The predicted octanol–water partition coefficient (Wildman–Crippen LogP) is 8.11. The summed E-state index contributed by atoms with van der Waals surface area (Å²) < 4.78 is 9.83. The fraction of sp³-hybridized carbons (Fsp3) is 0.511. The summed E-state index contributed by atoms with van der Waals surface area (Å²) in [6, 6.07) is 13.1. The number of alkyl carbamates (subject to hydrolysis) is 2. The van der Waals surface area contributed by atoms with Crippen molar-refractivity contribution in [3.8, 4) is 22.4 Å². The zero-order chi connectivity index (χ0) is 42.7. The lowest BCUT2D eigenvalue weighted by atomic mass is 9.83. The third-order valence-corrected chi connectivity index (χ3v) is 13.8. The maximum absolute atomic E-state index is 14.1. The number of pyridine rings is 1. The van der Waals surface area contributed by atoms with Gasteiger partial charge in [-0.1, -0.05) is 62.8 Å². The molecule has 4 fully saturated rings. The predicted molar refractivity (Wildman–Crippen MR) is 234 cm³/mol. The van der Waals surface area contributed by atoms with Crippen molar-refractivity contribution in [2.45, 2.75) is 114 Å². The number of rotatable bonds is 10. The SMILES string of the molecule is COC(=O)NC(C(=O)N1CCCC1c1ncc(-c2ccc3cc(-c4cnc5nc(C6CCCN6C(=O)C(NC(=O)OC)C6CCCCC6)[nH]c5c4)ccc3c2)[nH]1)C1CCCCC1. The Morgan fingerprint density at radius 3 is 1.74 bits per heavy atom. The van der Waals surface area contributed by atoms with Gasteiger partial charge >= 0.3 is 12.2 Å². The van der Waals surface area contributed by atoms with Gasteiger partial charge < -0.3 is 39.9 Å². The van der Waals surface area contributed by atoms with E-state index in [9.17, 15) is 19.2 Å². The third kappa shape index (κ3) is 8.45. The number of likely N-dealkylation sites (tertiary alicyclic amines) is 2. The minimum Gasteiger partial charge on any atom is -0.453 e. The first kappa shape index (κ1) is 41.4. The van der Waals surface area contributed by atoms with Gasteiger partial charge in [0.15, 0.2) is 5.65 Å². The number of aromatic amines is 2. The van der Waals surface area contributed by atoms with Crippen molar-refractivity contribution in [2.75, 3.05) is 27.3 Å². The first-order valence-corrected chi connectivity index (χ1v) is 22.5. The number of H-pyrrole nitrogens is 2. The minimum absolute atomic E-state index is 0.0619. The molecule has 15 heteroatoms. The highest BCUT2D eigenvalue weighted by atomic mass is 16.5. The van der Waals surface area contributed by atoms with Crippen LogP contribution < -0.4 is 10.6 Å². The number of ether oxygens (including phenoxy) is 2. The van der Waals surface area contributed by atoms with Crippen molar-refractivity contribution in [1.29, 1.82) is 0 Å². The molecule has 4 N–H and O–H groups in total. The Bertz CT molecular complexity index is 2430. The highest BCUT2D eigenvalue weighted by Crippen LogP contribution is 2.38. The van der Waals surface area contributed by atoms with Crippen LogP contribution in [0.1, 0.15) is 114 Å². The average Bonchev–Trinajstić information content (AvgIpc) is 4.16. The standard InChI is InChI=1S/C47H57N9O6/c1-61-46(59)52-39(28-11-5-3-6-12-28)44(57)55-21-9-15-37(55)42-49-27-36(51-42)33-20-19-30-23-32(18-17-31(30)24-33)34-25-35-41(48-26-34)54-43(50-35)38-16-10-22-56(38)45(58)40(53-47(60)62-2)29-13-7-4-8-14-29/h17-20,23-29,37-40H,3-16,21-22H2,1-2H3,(H,49,51)(H,52,59)(H,53,60)(H,48,50,54). The van der Waals surface area contributed by atoms with E-state index in [1.807, 2.05) is 22.2 Å². The molecule has 2 aromatic carbocycles. The largest absolute Gasteiger partial charge is 0.453 e. The van der Waals surface area contributed by atoms with Gasteiger partial charge in [-0.3, -0.25) is 9.59 Å². The lowest BCUT2D eigenvalue weighted by Crippen LogP contribution is -2.52. The number of imidazole rings is 2. The zero-order valence-electron chi connectivity index (χ0n) is 35.7. The summed E-state index contributed by atoms with van der Waals surface area (Å²) in [5.74, 6) is 1.49. The molecule has 0 bridgehead atoms. The van der Waals surface area contributed by atoms with Gasteiger partial charge in [0, 0.05) is 30.4 Å². The molecular weight excluding hydrogens is 787 g/mol. The molecule has 0 spiro atoms. The van der Waals surface area contributed by atoms with E-state index in [1.165, 1.54) is 14.2 Å². The number of carbonyl (C=O) groups is 4. The van der Waals surface area contributed by atoms with Crippen LogP contribution in [0.5, 0.6) is 0 Å². The van der Waals surface area contributed by atoms with E-state index in [2.05, 4.69) is 63.1 Å². The van der Waals surface area contributed by atoms with Gasteiger partial charge in [0.1, 0.15) is 23.7 Å². The van der Waals surface area contributed by atoms with Gasteiger partial charge in [0.05, 0.1) is 43.7 Å². The number of aromatic nitrogens is 5. The highest BCUT2D eigenvalue weighted by molar-refractivity contribution is 5.92. The molecule has 4 aliphatic rings. The summed E-state index contributed by atoms with van der Waals surface area (Å²) in [4.78, 5) is 78.0. The molecule has 15 nitrogen and oxygen atoms in total. The van der Waals surface area contributed by atoms with Crippen molar-refractivity contribution < 1.29 is 28.7 Å². The van der Waals surface area contributed by atoms with Crippen LogP contribution in [0, 0.1) is 11.8 Å². The Kier molecular flexibility index (Phi) is 12.1. The summed E-state index contributed by atoms with van der Waals surface area (Å²) >= 11 is 0. The van der Waals surface area contributed by atoms with E-state index in [0.29, 0.717) is 24.6 Å². The zero-order valence-corrected chi connectivity index (χ0v) is 35.7. The summed E-state index contributed by atoms with van der Waals surface area (Å²) in [5.41, 5.74) is 5.21. The molecular formula is C47H57N9O6. The number of amides is 4. The van der Waals surface area contributed by atoms with E-state index >= 15 is 0 Å². The highest BCUT2D eigenvalue weighted by Gasteiger charge is 2.41. The molecule has 3 aromatic heterocycles. The molecule has 4 amide bonds. The van der Waals surface area contributed by atoms with Gasteiger partial charge in [-0.05, 0) is 97.7 Å². The molecule has 5 heterocycles. The first-order valence-electron chi connectivity index (χ1n) is 22.5. The number of methoxy groups -OCH3 is 2. The summed E-state index contributed by atoms with van der Waals surface area (Å²) in [6.45, 7) is 1.22. The van der Waals surface area contributed by atoms with Crippen molar-refractivity contribution >= 4 is 45.9 Å². The number of benzene rings is 2. The van der Waals surface area contributed by atoms with Crippen molar-refractivity contribution in [1.82, 2.24) is 45.4 Å². The minimum atomic E-state index is -0.624.